The summed E-state index contributed by atoms with van der Waals surface area (Å²) in [5.41, 5.74) is 1.11. The number of hydrogen-bond acceptors (Lipinski definition) is 7. The molecule has 0 spiro atoms. The maximum absolute atomic E-state index is 13.4. The van der Waals surface area contributed by atoms with E-state index in [9.17, 15) is 26.9 Å². The number of nitro benzene ring substituents is 1. The number of methoxy groups -OCH3 is 1. The Kier molecular flexibility index (Phi) is 8.66. The van der Waals surface area contributed by atoms with E-state index in [-0.39, 0.29) is 28.6 Å². The number of anilines is 1. The molecule has 0 aromatic heterocycles. The molecule has 0 atom stereocenters. The van der Waals surface area contributed by atoms with Crippen LogP contribution in [0.15, 0.2) is 82.6 Å². The smallest absolute Gasteiger partial charge is 0.269 e. The van der Waals surface area contributed by atoms with Crippen molar-refractivity contribution in [3.63, 3.8) is 0 Å². The highest BCUT2D eigenvalue weighted by Gasteiger charge is 2.25. The standard InChI is InChI=1S/C24H27N3O7S2/c1-19-5-13-23(14-6-19)35(30,31)25-17-3-4-18-26(20-7-11-22(34-2)12-8-20)36(32,33)24-15-9-21(10-16-24)27(28)29/h5-16,25H,3-4,17-18H2,1-2H3. The average Bonchev–Trinajstić information content (AvgIpc) is 2.86. The molecule has 0 fully saturated rings. The van der Waals surface area contributed by atoms with Gasteiger partial charge in [-0.15, -0.1) is 0 Å². The summed E-state index contributed by atoms with van der Waals surface area (Å²) in [5, 5.41) is 10.9. The van der Waals surface area contributed by atoms with E-state index >= 15 is 0 Å². The first-order valence-corrected chi connectivity index (χ1v) is 13.9. The number of nitrogens with zero attached hydrogens (tertiary/aromatic N) is 2. The number of sulfonamides is 2. The van der Waals surface area contributed by atoms with Crippen LogP contribution in [0.2, 0.25) is 0 Å². The fourth-order valence-electron chi connectivity index (χ4n) is 3.39. The second kappa shape index (κ2) is 11.5. The fourth-order valence-corrected chi connectivity index (χ4v) is 5.97. The van der Waals surface area contributed by atoms with Crippen LogP contribution in [0.1, 0.15) is 18.4 Å². The largest absolute Gasteiger partial charge is 0.497 e. The second-order valence-corrected chi connectivity index (χ2v) is 11.6. The summed E-state index contributed by atoms with van der Waals surface area (Å²) in [6, 6.07) is 17.6. The SMILES string of the molecule is COc1ccc(N(CCCCNS(=O)(=O)c2ccc(C)cc2)S(=O)(=O)c2ccc([N+](=O)[O-])cc2)cc1. The van der Waals surface area contributed by atoms with Gasteiger partial charge in [-0.05, 0) is 68.3 Å². The molecule has 36 heavy (non-hydrogen) atoms. The van der Waals surface area contributed by atoms with Crippen LogP contribution in [-0.2, 0) is 20.0 Å². The van der Waals surface area contributed by atoms with E-state index < -0.39 is 25.0 Å². The van der Waals surface area contributed by atoms with Crippen LogP contribution in [0, 0.1) is 17.0 Å². The number of aryl methyl sites for hydroxylation is 1. The van der Waals surface area contributed by atoms with Crippen LogP contribution in [0.5, 0.6) is 5.75 Å². The Hall–Kier alpha value is -3.48. The molecule has 192 valence electrons. The molecule has 3 aromatic carbocycles. The third-order valence-electron chi connectivity index (χ3n) is 5.41. The Bertz CT molecular complexity index is 1390. The average molecular weight is 534 g/mol. The molecule has 0 unspecified atom stereocenters. The number of ether oxygens (including phenoxy) is 1. The molecule has 0 bridgehead atoms. The molecule has 0 aliphatic rings. The Morgan fingerprint density at radius 2 is 1.44 bits per heavy atom. The molecule has 10 nitrogen and oxygen atoms in total. The molecule has 12 heteroatoms. The van der Waals surface area contributed by atoms with E-state index in [1.54, 1.807) is 36.4 Å². The number of nitro groups is 1. The zero-order valence-corrected chi connectivity index (χ0v) is 21.5. The number of unbranched alkanes of at least 4 members (excludes halogenated alkanes) is 1. The summed E-state index contributed by atoms with van der Waals surface area (Å²) < 4.78 is 60.6. The molecule has 0 aliphatic carbocycles. The molecule has 1 N–H and O–H groups in total. The van der Waals surface area contributed by atoms with Crippen LogP contribution in [0.4, 0.5) is 11.4 Å². The molecule has 0 heterocycles. The minimum Gasteiger partial charge on any atom is -0.497 e. The lowest BCUT2D eigenvalue weighted by molar-refractivity contribution is -0.384. The van der Waals surface area contributed by atoms with E-state index in [4.69, 9.17) is 4.74 Å². The van der Waals surface area contributed by atoms with Crippen LogP contribution in [0.3, 0.4) is 0 Å². The monoisotopic (exact) mass is 533 g/mol. The molecule has 0 saturated carbocycles. The maximum Gasteiger partial charge on any atom is 0.269 e. The van der Waals surface area contributed by atoms with Gasteiger partial charge in [0.1, 0.15) is 5.75 Å². The van der Waals surface area contributed by atoms with E-state index in [1.807, 2.05) is 6.92 Å². The molecule has 0 amide bonds. The van der Waals surface area contributed by atoms with Crippen LogP contribution in [-0.4, -0.2) is 42.0 Å². The Labute approximate surface area is 210 Å². The normalized spacial score (nSPS) is 11.7. The van der Waals surface area contributed by atoms with Crippen molar-refractivity contribution >= 4 is 31.4 Å². The predicted octanol–water partition coefficient (Wildman–Crippen LogP) is 3.87. The Morgan fingerprint density at radius 3 is 2.00 bits per heavy atom. The van der Waals surface area contributed by atoms with Gasteiger partial charge in [0.05, 0.1) is 27.5 Å². The second-order valence-electron chi connectivity index (χ2n) is 7.94. The molecule has 3 rings (SSSR count). The van der Waals surface area contributed by atoms with E-state index in [0.29, 0.717) is 24.3 Å². The van der Waals surface area contributed by atoms with Gasteiger partial charge in [0.15, 0.2) is 0 Å². The molecule has 0 radical (unpaired) electrons. The minimum atomic E-state index is -4.05. The highest BCUT2D eigenvalue weighted by molar-refractivity contribution is 7.92. The van der Waals surface area contributed by atoms with Crippen molar-refractivity contribution in [3.8, 4) is 5.75 Å². The van der Waals surface area contributed by atoms with Crippen molar-refractivity contribution in [2.45, 2.75) is 29.6 Å². The van der Waals surface area contributed by atoms with E-state index in [1.165, 1.54) is 35.7 Å². The first-order valence-electron chi connectivity index (χ1n) is 11.0. The van der Waals surface area contributed by atoms with Crippen molar-refractivity contribution in [3.05, 3.63) is 88.5 Å². The third kappa shape index (κ3) is 6.59. The Balaban J connectivity index is 1.73. The van der Waals surface area contributed by atoms with Gasteiger partial charge in [0.25, 0.3) is 15.7 Å². The summed E-state index contributed by atoms with van der Waals surface area (Å²) in [6.45, 7) is 2.06. The zero-order chi connectivity index (χ0) is 26.3. The van der Waals surface area contributed by atoms with Crippen molar-refractivity contribution in [1.82, 2.24) is 4.72 Å². The highest BCUT2D eigenvalue weighted by Crippen LogP contribution is 2.27. The van der Waals surface area contributed by atoms with Crippen molar-refractivity contribution in [2.24, 2.45) is 0 Å². The molecular formula is C24H27N3O7S2. The predicted molar refractivity (Wildman–Crippen MR) is 136 cm³/mol. The Morgan fingerprint density at radius 1 is 0.861 bits per heavy atom. The zero-order valence-electron chi connectivity index (χ0n) is 19.8. The van der Waals surface area contributed by atoms with Crippen molar-refractivity contribution in [1.29, 1.82) is 0 Å². The third-order valence-corrected chi connectivity index (χ3v) is 8.73. The fraction of sp³-hybridized carbons (Fsp3) is 0.250. The number of nitrogens with one attached hydrogen (secondary N) is 1. The van der Waals surface area contributed by atoms with Gasteiger partial charge >= 0.3 is 0 Å². The van der Waals surface area contributed by atoms with Crippen LogP contribution < -0.4 is 13.8 Å². The first-order chi connectivity index (χ1) is 17.0. The van der Waals surface area contributed by atoms with Gasteiger partial charge in [0, 0.05) is 25.2 Å². The molecule has 3 aromatic rings. The summed E-state index contributed by atoms with van der Waals surface area (Å²) >= 11 is 0. The molecular weight excluding hydrogens is 506 g/mol. The first kappa shape index (κ1) is 27.1. The maximum atomic E-state index is 13.4. The van der Waals surface area contributed by atoms with E-state index in [0.717, 1.165) is 17.7 Å². The van der Waals surface area contributed by atoms with Gasteiger partial charge in [-0.2, -0.15) is 0 Å². The highest BCUT2D eigenvalue weighted by atomic mass is 32.2. The topological polar surface area (TPSA) is 136 Å². The summed E-state index contributed by atoms with van der Waals surface area (Å²) in [6.07, 6.45) is 0.738. The quantitative estimate of drug-likeness (QED) is 0.212. The summed E-state index contributed by atoms with van der Waals surface area (Å²) in [5.74, 6) is 0.553. The van der Waals surface area contributed by atoms with Crippen LogP contribution in [0.25, 0.3) is 0 Å². The molecule has 0 saturated heterocycles. The number of hydrogen-bond donors (Lipinski definition) is 1. The number of rotatable bonds is 12. The van der Waals surface area contributed by atoms with Crippen molar-refractivity contribution < 1.29 is 26.5 Å². The summed E-state index contributed by atoms with van der Waals surface area (Å²) in [7, 11) is -6.22. The van der Waals surface area contributed by atoms with Crippen molar-refractivity contribution in [2.75, 3.05) is 24.5 Å². The van der Waals surface area contributed by atoms with Gasteiger partial charge in [0.2, 0.25) is 10.0 Å². The van der Waals surface area contributed by atoms with Gasteiger partial charge in [-0.25, -0.2) is 21.6 Å². The summed E-state index contributed by atoms with van der Waals surface area (Å²) in [4.78, 5) is 10.4. The van der Waals surface area contributed by atoms with E-state index in [2.05, 4.69) is 4.72 Å². The lowest BCUT2D eigenvalue weighted by Gasteiger charge is -2.25. The lowest BCUT2D eigenvalue weighted by Crippen LogP contribution is -2.32. The number of benzene rings is 3. The van der Waals surface area contributed by atoms with Gasteiger partial charge in [-0.3, -0.25) is 14.4 Å². The molecule has 0 aliphatic heterocycles. The van der Waals surface area contributed by atoms with Gasteiger partial charge in [-0.1, -0.05) is 17.7 Å². The lowest BCUT2D eigenvalue weighted by atomic mass is 10.2. The van der Waals surface area contributed by atoms with Gasteiger partial charge < -0.3 is 4.74 Å². The van der Waals surface area contributed by atoms with Crippen LogP contribution >= 0.6 is 0 Å². The minimum absolute atomic E-state index is 0.0674. The number of non-ortho nitro benzene ring substituents is 1.